The van der Waals surface area contributed by atoms with Crippen molar-refractivity contribution in [1.29, 1.82) is 0 Å². The van der Waals surface area contributed by atoms with Gasteiger partial charge < -0.3 is 24.4 Å². The van der Waals surface area contributed by atoms with Crippen LogP contribution in [0.3, 0.4) is 0 Å². The van der Waals surface area contributed by atoms with E-state index in [-0.39, 0.29) is 42.3 Å². The van der Waals surface area contributed by atoms with Crippen molar-refractivity contribution in [3.05, 3.63) is 54.6 Å². The fraction of sp³-hybridized carbons (Fsp3) is 0.519. The number of carbonyl (C=O) groups excluding carboxylic acids is 3. The molecular weight excluding hydrogens is 564 g/mol. The Kier molecular flexibility index (Phi) is 8.19. The first-order valence-electron chi connectivity index (χ1n) is 12.3. The smallest absolute Gasteiger partial charge is 0.312 e. The zero-order chi connectivity index (χ0) is 27.1. The number of alkyl halides is 1. The number of benzene rings is 1. The lowest BCUT2D eigenvalue weighted by Gasteiger charge is -2.40. The number of anilines is 1. The molecule has 0 aromatic heterocycles. The van der Waals surface area contributed by atoms with E-state index in [0.717, 1.165) is 0 Å². The fourth-order valence-electron chi connectivity index (χ4n) is 6.05. The van der Waals surface area contributed by atoms with Crippen LogP contribution in [0.4, 0.5) is 5.69 Å². The van der Waals surface area contributed by atoms with Crippen LogP contribution in [-0.2, 0) is 23.9 Å². The minimum absolute atomic E-state index is 0.00390. The Hall–Kier alpha value is -2.20. The first-order chi connectivity index (χ1) is 17.6. The minimum atomic E-state index is -1.26. The van der Waals surface area contributed by atoms with E-state index in [1.807, 2.05) is 13.8 Å². The highest BCUT2D eigenvalue weighted by Crippen LogP contribution is 2.61. The maximum absolute atomic E-state index is 14.4. The first-order valence-corrected chi connectivity index (χ1v) is 13.6. The van der Waals surface area contributed by atoms with Gasteiger partial charge in [0.15, 0.2) is 0 Å². The third-order valence-corrected chi connectivity index (χ3v) is 8.70. The molecule has 10 heteroatoms. The SMILES string of the molecule is C=CCOC(=O)[C@H]1[C@H]2C(=O)N([C@@H](CO)C(C)C)C(C(=O)N(CC=C)c3ccc(Cl)cc3)C23CC(Br)[C@@H]1O3. The zero-order valence-electron chi connectivity index (χ0n) is 20.9. The Morgan fingerprint density at radius 3 is 2.57 bits per heavy atom. The Bertz CT molecular complexity index is 1080. The Balaban J connectivity index is 1.84. The monoisotopic (exact) mass is 594 g/mol. The summed E-state index contributed by atoms with van der Waals surface area (Å²) in [6.07, 6.45) is 2.79. The van der Waals surface area contributed by atoms with E-state index < -0.39 is 41.6 Å². The van der Waals surface area contributed by atoms with Crippen molar-refractivity contribution in [3.63, 3.8) is 0 Å². The van der Waals surface area contributed by atoms with E-state index in [1.165, 1.54) is 15.9 Å². The summed E-state index contributed by atoms with van der Waals surface area (Å²) in [5.41, 5.74) is -0.685. The summed E-state index contributed by atoms with van der Waals surface area (Å²) < 4.78 is 11.9. The van der Waals surface area contributed by atoms with Gasteiger partial charge in [0.05, 0.1) is 30.6 Å². The molecule has 4 rings (SSSR count). The van der Waals surface area contributed by atoms with Crippen LogP contribution >= 0.6 is 27.5 Å². The second-order valence-electron chi connectivity index (χ2n) is 10.0. The van der Waals surface area contributed by atoms with E-state index in [0.29, 0.717) is 17.1 Å². The molecular formula is C27H32BrClN2O6. The number of carbonyl (C=O) groups is 3. The van der Waals surface area contributed by atoms with E-state index in [2.05, 4.69) is 29.1 Å². The lowest BCUT2D eigenvalue weighted by atomic mass is 9.70. The van der Waals surface area contributed by atoms with Gasteiger partial charge in [-0.2, -0.15) is 0 Å². The molecule has 8 nitrogen and oxygen atoms in total. The number of ether oxygens (including phenoxy) is 2. The van der Waals surface area contributed by atoms with Gasteiger partial charge in [-0.15, -0.1) is 6.58 Å². The molecule has 37 heavy (non-hydrogen) atoms. The van der Waals surface area contributed by atoms with E-state index in [4.69, 9.17) is 21.1 Å². The van der Waals surface area contributed by atoms with E-state index >= 15 is 0 Å². The molecule has 2 bridgehead atoms. The summed E-state index contributed by atoms with van der Waals surface area (Å²) >= 11 is 9.72. The standard InChI is InChI=1S/C27H32BrClN2O6/c1-5-11-30(17-9-7-16(29)8-10-17)25(34)23-27-13-18(28)22(37-27)20(26(35)36-12-6-2)21(27)24(33)31(23)19(14-32)15(3)4/h5-10,15,18-23,32H,1-2,11-14H2,3-4H3/t18?,19-,20-,21-,22-,23?,27?/m0/s1. The van der Waals surface area contributed by atoms with Gasteiger partial charge in [0.1, 0.15) is 18.2 Å². The number of likely N-dealkylation sites (tertiary alicyclic amines) is 1. The van der Waals surface area contributed by atoms with Crippen molar-refractivity contribution < 1.29 is 29.0 Å². The van der Waals surface area contributed by atoms with Gasteiger partial charge in [-0.25, -0.2) is 0 Å². The maximum atomic E-state index is 14.4. The van der Waals surface area contributed by atoms with Crippen LogP contribution in [0.2, 0.25) is 5.02 Å². The molecule has 3 fully saturated rings. The van der Waals surface area contributed by atoms with Gasteiger partial charge in [-0.1, -0.05) is 60.1 Å². The Morgan fingerprint density at radius 2 is 2.00 bits per heavy atom. The highest BCUT2D eigenvalue weighted by Gasteiger charge is 2.77. The lowest BCUT2D eigenvalue weighted by Crippen LogP contribution is -2.60. The van der Waals surface area contributed by atoms with Crippen LogP contribution in [0.1, 0.15) is 20.3 Å². The molecule has 0 saturated carbocycles. The molecule has 3 unspecified atom stereocenters. The van der Waals surface area contributed by atoms with E-state index in [1.54, 1.807) is 30.3 Å². The lowest BCUT2D eigenvalue weighted by molar-refractivity contribution is -0.155. The van der Waals surface area contributed by atoms with E-state index in [9.17, 15) is 19.5 Å². The molecule has 3 saturated heterocycles. The first kappa shape index (κ1) is 27.8. The predicted octanol–water partition coefficient (Wildman–Crippen LogP) is 3.35. The van der Waals surface area contributed by atoms with Crippen molar-refractivity contribution >= 4 is 51.0 Å². The number of rotatable bonds is 10. The third-order valence-electron chi connectivity index (χ3n) is 7.61. The summed E-state index contributed by atoms with van der Waals surface area (Å²) in [5.74, 6) is -3.29. The molecule has 1 spiro atoms. The molecule has 2 amide bonds. The summed E-state index contributed by atoms with van der Waals surface area (Å²) in [7, 11) is 0. The number of halogens is 2. The molecule has 1 aromatic rings. The second kappa shape index (κ2) is 10.9. The van der Waals surface area contributed by atoms with Crippen LogP contribution in [0, 0.1) is 17.8 Å². The number of nitrogens with zero attached hydrogens (tertiary/aromatic N) is 2. The van der Waals surface area contributed by atoms with Gasteiger partial charge in [0.25, 0.3) is 5.91 Å². The molecule has 7 atom stereocenters. The molecule has 0 radical (unpaired) electrons. The fourth-order valence-corrected chi connectivity index (χ4v) is 7.12. The van der Waals surface area contributed by atoms with Crippen molar-refractivity contribution in [2.45, 2.75) is 48.9 Å². The molecule has 200 valence electrons. The average molecular weight is 596 g/mol. The van der Waals surface area contributed by atoms with Crippen LogP contribution in [0.15, 0.2) is 49.6 Å². The molecule has 3 aliphatic rings. The van der Waals surface area contributed by atoms with Gasteiger partial charge in [0, 0.05) is 22.1 Å². The number of aliphatic hydroxyl groups excluding tert-OH is 1. The molecule has 3 heterocycles. The topological polar surface area (TPSA) is 96.4 Å². The minimum Gasteiger partial charge on any atom is -0.461 e. The number of hydrogen-bond acceptors (Lipinski definition) is 6. The quantitative estimate of drug-likeness (QED) is 0.253. The second-order valence-corrected chi connectivity index (χ2v) is 11.6. The van der Waals surface area contributed by atoms with Gasteiger partial charge in [-0.3, -0.25) is 14.4 Å². The summed E-state index contributed by atoms with van der Waals surface area (Å²) in [6, 6.07) is 5.09. The largest absolute Gasteiger partial charge is 0.461 e. The van der Waals surface area contributed by atoms with Crippen LogP contribution in [-0.4, -0.2) is 76.2 Å². The van der Waals surface area contributed by atoms with Crippen LogP contribution in [0.25, 0.3) is 0 Å². The van der Waals surface area contributed by atoms with Crippen molar-refractivity contribution in [3.8, 4) is 0 Å². The number of hydrogen-bond donors (Lipinski definition) is 1. The average Bonchev–Trinajstić information content (AvgIpc) is 3.45. The zero-order valence-corrected chi connectivity index (χ0v) is 23.2. The van der Waals surface area contributed by atoms with Crippen molar-refractivity contribution in [2.75, 3.05) is 24.7 Å². The number of aliphatic hydroxyl groups is 1. The summed E-state index contributed by atoms with van der Waals surface area (Å²) in [6.45, 7) is 11.0. The van der Waals surface area contributed by atoms with Crippen LogP contribution < -0.4 is 4.90 Å². The predicted molar refractivity (Wildman–Crippen MR) is 143 cm³/mol. The Labute approximate surface area is 230 Å². The molecule has 1 N–H and O–H groups in total. The van der Waals surface area contributed by atoms with Gasteiger partial charge in [0.2, 0.25) is 5.91 Å². The van der Waals surface area contributed by atoms with Crippen molar-refractivity contribution in [2.24, 2.45) is 17.8 Å². The number of fused-ring (bicyclic) bond motifs is 1. The van der Waals surface area contributed by atoms with Gasteiger partial charge >= 0.3 is 5.97 Å². The number of esters is 1. The van der Waals surface area contributed by atoms with Crippen molar-refractivity contribution in [1.82, 2.24) is 4.90 Å². The normalized spacial score (nSPS) is 30.8. The maximum Gasteiger partial charge on any atom is 0.312 e. The number of amides is 2. The highest BCUT2D eigenvalue weighted by atomic mass is 79.9. The summed E-state index contributed by atoms with van der Waals surface area (Å²) in [4.78, 5) is 44.5. The third kappa shape index (κ3) is 4.54. The molecule has 3 aliphatic heterocycles. The molecule has 1 aromatic carbocycles. The molecule has 0 aliphatic carbocycles. The summed E-state index contributed by atoms with van der Waals surface area (Å²) in [5, 5.41) is 10.9. The van der Waals surface area contributed by atoms with Gasteiger partial charge in [-0.05, 0) is 36.6 Å². The highest BCUT2D eigenvalue weighted by molar-refractivity contribution is 9.09. The van der Waals surface area contributed by atoms with Crippen LogP contribution in [0.5, 0.6) is 0 Å². The Morgan fingerprint density at radius 1 is 1.32 bits per heavy atom.